The van der Waals surface area contributed by atoms with Gasteiger partial charge < -0.3 is 10.4 Å². The number of carbonyl (C=O) groups excluding carboxylic acids is 1. The normalized spacial score (nSPS) is 38.2. The van der Waals surface area contributed by atoms with E-state index in [4.69, 9.17) is 0 Å². The summed E-state index contributed by atoms with van der Waals surface area (Å²) < 4.78 is 0. The van der Waals surface area contributed by atoms with Crippen molar-refractivity contribution in [3.63, 3.8) is 0 Å². The van der Waals surface area contributed by atoms with Gasteiger partial charge in [-0.1, -0.05) is 0 Å². The minimum Gasteiger partial charge on any atom is -0.390 e. The van der Waals surface area contributed by atoms with Crippen molar-refractivity contribution >= 4 is 6.41 Å². The monoisotopic (exact) mass is 157 g/mol. The molecule has 1 aliphatic carbocycles. The molecule has 0 unspecified atom stereocenters. The number of aliphatic hydroxyl groups is 1. The summed E-state index contributed by atoms with van der Waals surface area (Å²) in [6.07, 6.45) is 4.11. The van der Waals surface area contributed by atoms with Gasteiger partial charge in [0.2, 0.25) is 6.41 Å². The quantitative estimate of drug-likeness (QED) is 0.571. The van der Waals surface area contributed by atoms with Crippen LogP contribution in [0.4, 0.5) is 0 Å². The third-order valence-corrected chi connectivity index (χ3v) is 2.37. The van der Waals surface area contributed by atoms with E-state index in [1.54, 1.807) is 0 Å². The minimum atomic E-state index is -0.499. The first kappa shape index (κ1) is 8.53. The van der Waals surface area contributed by atoms with Crippen molar-refractivity contribution in [2.24, 2.45) is 0 Å². The highest BCUT2D eigenvalue weighted by Gasteiger charge is 2.27. The molecule has 0 aromatic carbocycles. The number of amides is 1. The summed E-state index contributed by atoms with van der Waals surface area (Å²) in [7, 11) is 0. The van der Waals surface area contributed by atoms with Crippen LogP contribution < -0.4 is 5.32 Å². The van der Waals surface area contributed by atoms with Crippen LogP contribution in [0.5, 0.6) is 0 Å². The van der Waals surface area contributed by atoms with Crippen molar-refractivity contribution in [1.29, 1.82) is 0 Å². The SMILES string of the molecule is CC1(O)CCC(NC=O)CC1. The van der Waals surface area contributed by atoms with Crippen molar-refractivity contribution in [3.05, 3.63) is 0 Å². The average Bonchev–Trinajstić information content (AvgIpc) is 1.94. The van der Waals surface area contributed by atoms with Gasteiger partial charge in [-0.25, -0.2) is 0 Å². The van der Waals surface area contributed by atoms with Gasteiger partial charge in [0.1, 0.15) is 0 Å². The fourth-order valence-corrected chi connectivity index (χ4v) is 1.50. The lowest BCUT2D eigenvalue weighted by Crippen LogP contribution is -2.38. The van der Waals surface area contributed by atoms with Gasteiger partial charge in [0.15, 0.2) is 0 Å². The Morgan fingerprint density at radius 3 is 2.55 bits per heavy atom. The van der Waals surface area contributed by atoms with E-state index in [0.717, 1.165) is 32.1 Å². The molecule has 1 saturated carbocycles. The lowest BCUT2D eigenvalue weighted by Gasteiger charge is -2.32. The highest BCUT2D eigenvalue weighted by Crippen LogP contribution is 2.27. The lowest BCUT2D eigenvalue weighted by atomic mass is 9.84. The fraction of sp³-hybridized carbons (Fsp3) is 0.875. The summed E-state index contributed by atoms with van der Waals surface area (Å²) in [5, 5.41) is 12.3. The van der Waals surface area contributed by atoms with Crippen molar-refractivity contribution in [2.75, 3.05) is 0 Å². The van der Waals surface area contributed by atoms with Crippen molar-refractivity contribution in [2.45, 2.75) is 44.2 Å². The summed E-state index contributed by atoms with van der Waals surface area (Å²) in [6.45, 7) is 1.85. The summed E-state index contributed by atoms with van der Waals surface area (Å²) in [5.74, 6) is 0. The van der Waals surface area contributed by atoms with Gasteiger partial charge in [0.25, 0.3) is 0 Å². The van der Waals surface area contributed by atoms with Crippen LogP contribution in [0.25, 0.3) is 0 Å². The second kappa shape index (κ2) is 3.22. The maximum absolute atomic E-state index is 10.1. The van der Waals surface area contributed by atoms with Crippen LogP contribution in [0.2, 0.25) is 0 Å². The zero-order chi connectivity index (χ0) is 8.32. The topological polar surface area (TPSA) is 49.3 Å². The molecular weight excluding hydrogens is 142 g/mol. The molecule has 11 heavy (non-hydrogen) atoms. The molecule has 1 aliphatic rings. The Balaban J connectivity index is 2.30. The van der Waals surface area contributed by atoms with Crippen molar-refractivity contribution in [3.8, 4) is 0 Å². The van der Waals surface area contributed by atoms with E-state index in [1.165, 1.54) is 0 Å². The molecule has 0 aromatic heterocycles. The van der Waals surface area contributed by atoms with Crippen LogP contribution >= 0.6 is 0 Å². The van der Waals surface area contributed by atoms with E-state index < -0.39 is 5.60 Å². The molecule has 0 aliphatic heterocycles. The standard InChI is InChI=1S/C8H15NO2/c1-8(11)4-2-7(3-5-8)9-6-10/h6-7,11H,2-5H2,1H3,(H,9,10). The van der Waals surface area contributed by atoms with Gasteiger partial charge in [-0.05, 0) is 32.6 Å². The van der Waals surface area contributed by atoms with Crippen LogP contribution in [0.1, 0.15) is 32.6 Å². The summed E-state index contributed by atoms with van der Waals surface area (Å²) >= 11 is 0. The Morgan fingerprint density at radius 2 is 2.09 bits per heavy atom. The van der Waals surface area contributed by atoms with Crippen molar-refractivity contribution < 1.29 is 9.90 Å². The van der Waals surface area contributed by atoms with Gasteiger partial charge in [-0.15, -0.1) is 0 Å². The second-order valence-corrected chi connectivity index (χ2v) is 3.56. The van der Waals surface area contributed by atoms with Gasteiger partial charge in [0.05, 0.1) is 5.60 Å². The number of nitrogens with one attached hydrogen (secondary N) is 1. The van der Waals surface area contributed by atoms with Crippen LogP contribution in [-0.2, 0) is 4.79 Å². The number of hydrogen-bond acceptors (Lipinski definition) is 2. The summed E-state index contributed by atoms with van der Waals surface area (Å²) in [6, 6.07) is 0.285. The zero-order valence-electron chi connectivity index (χ0n) is 6.84. The molecule has 0 radical (unpaired) electrons. The lowest BCUT2D eigenvalue weighted by molar-refractivity contribution is -0.110. The maximum Gasteiger partial charge on any atom is 0.207 e. The molecule has 1 fully saturated rings. The molecule has 3 heteroatoms. The predicted octanol–water partition coefficient (Wildman–Crippen LogP) is 0.426. The fourth-order valence-electron chi connectivity index (χ4n) is 1.50. The van der Waals surface area contributed by atoms with E-state index in [2.05, 4.69) is 5.32 Å². The van der Waals surface area contributed by atoms with Gasteiger partial charge in [0, 0.05) is 6.04 Å². The third kappa shape index (κ3) is 2.50. The first-order valence-electron chi connectivity index (χ1n) is 4.06. The van der Waals surface area contributed by atoms with Crippen molar-refractivity contribution in [1.82, 2.24) is 5.32 Å². The smallest absolute Gasteiger partial charge is 0.207 e. The molecule has 0 saturated heterocycles. The average molecular weight is 157 g/mol. The molecule has 3 nitrogen and oxygen atoms in total. The molecular formula is C8H15NO2. The second-order valence-electron chi connectivity index (χ2n) is 3.56. The van der Waals surface area contributed by atoms with E-state index in [-0.39, 0.29) is 6.04 Å². The third-order valence-electron chi connectivity index (χ3n) is 2.37. The van der Waals surface area contributed by atoms with E-state index in [0.29, 0.717) is 0 Å². The van der Waals surface area contributed by atoms with Gasteiger partial charge in [-0.2, -0.15) is 0 Å². The zero-order valence-corrected chi connectivity index (χ0v) is 6.84. The number of hydrogen-bond donors (Lipinski definition) is 2. The molecule has 0 heterocycles. The molecule has 0 aromatic rings. The largest absolute Gasteiger partial charge is 0.390 e. The van der Waals surface area contributed by atoms with Gasteiger partial charge >= 0.3 is 0 Å². The Hall–Kier alpha value is -0.570. The number of rotatable bonds is 2. The van der Waals surface area contributed by atoms with E-state index in [9.17, 15) is 9.90 Å². The Bertz CT molecular complexity index is 135. The van der Waals surface area contributed by atoms with Gasteiger partial charge in [-0.3, -0.25) is 4.79 Å². The molecule has 1 rings (SSSR count). The number of carbonyl (C=O) groups is 1. The Labute approximate surface area is 66.8 Å². The maximum atomic E-state index is 10.1. The van der Waals surface area contributed by atoms with Crippen LogP contribution in [0.3, 0.4) is 0 Å². The van der Waals surface area contributed by atoms with Crippen LogP contribution in [-0.4, -0.2) is 23.2 Å². The van der Waals surface area contributed by atoms with Crippen LogP contribution in [0.15, 0.2) is 0 Å². The predicted molar refractivity (Wildman–Crippen MR) is 42.1 cm³/mol. The first-order valence-corrected chi connectivity index (χ1v) is 4.06. The molecule has 0 atom stereocenters. The highest BCUT2D eigenvalue weighted by atomic mass is 16.3. The molecule has 0 bridgehead atoms. The molecule has 64 valence electrons. The van der Waals surface area contributed by atoms with Crippen LogP contribution in [0, 0.1) is 0 Å². The molecule has 0 spiro atoms. The summed E-state index contributed by atoms with van der Waals surface area (Å²) in [5.41, 5.74) is -0.499. The molecule has 1 amide bonds. The summed E-state index contributed by atoms with van der Waals surface area (Å²) in [4.78, 5) is 10.1. The highest BCUT2D eigenvalue weighted by molar-refractivity contribution is 5.46. The Kier molecular flexibility index (Phi) is 2.49. The minimum absolute atomic E-state index is 0.285. The molecule has 2 N–H and O–H groups in total. The van der Waals surface area contributed by atoms with E-state index >= 15 is 0 Å². The first-order chi connectivity index (χ1) is 5.14. The Morgan fingerprint density at radius 1 is 1.55 bits per heavy atom. The van der Waals surface area contributed by atoms with E-state index in [1.807, 2.05) is 6.92 Å².